The molecule has 4 nitrogen and oxygen atoms in total. The van der Waals surface area contributed by atoms with Crippen LogP contribution in [0.5, 0.6) is 0 Å². The van der Waals surface area contributed by atoms with Crippen LogP contribution in [0.3, 0.4) is 0 Å². The van der Waals surface area contributed by atoms with E-state index in [9.17, 15) is 0 Å². The summed E-state index contributed by atoms with van der Waals surface area (Å²) >= 11 is 0. The lowest BCUT2D eigenvalue weighted by atomic mass is 9.95. The van der Waals surface area contributed by atoms with Gasteiger partial charge in [-0.05, 0) is 66.9 Å². The van der Waals surface area contributed by atoms with Gasteiger partial charge in [0.05, 0.1) is 39.1 Å². The molecule has 0 amide bonds. The zero-order valence-corrected chi connectivity index (χ0v) is 26.6. The largest absolute Gasteiger partial charge is 0.253 e. The van der Waals surface area contributed by atoms with Crippen LogP contribution in [-0.2, 0) is 0 Å². The van der Waals surface area contributed by atoms with Crippen LogP contribution >= 0.6 is 0 Å². The van der Waals surface area contributed by atoms with E-state index in [4.69, 9.17) is 19.9 Å². The molecule has 4 aromatic heterocycles. The van der Waals surface area contributed by atoms with Crippen molar-refractivity contribution in [3.05, 3.63) is 157 Å². The van der Waals surface area contributed by atoms with E-state index in [0.29, 0.717) is 0 Å². The summed E-state index contributed by atoms with van der Waals surface area (Å²) < 4.78 is 0. The molecular formula is C44H30N4. The van der Waals surface area contributed by atoms with Crippen LogP contribution in [0, 0.1) is 13.8 Å². The molecule has 0 atom stereocenters. The standard InChI is InChI=1S/C44H30N4/c1-27-24-37(40-22-19-33-14-13-32-17-20-38(30-11-7-4-8-12-30)46-43(32)44(33)48-40)28(2)23-36(27)39-21-18-31-15-16-34-25-35(29-9-5-3-6-10-29)26-45-41(34)42(31)47-39/h3-26H,1-2H3. The second-order valence-electron chi connectivity index (χ2n) is 12.4. The lowest BCUT2D eigenvalue weighted by Crippen LogP contribution is -1.95. The Morgan fingerprint density at radius 2 is 0.792 bits per heavy atom. The normalized spacial score (nSPS) is 11.5. The highest BCUT2D eigenvalue weighted by molar-refractivity contribution is 6.05. The second kappa shape index (κ2) is 11.2. The number of fused-ring (bicyclic) bond motifs is 6. The molecule has 4 heteroatoms. The third kappa shape index (κ3) is 4.78. The van der Waals surface area contributed by atoms with Crippen molar-refractivity contribution in [1.29, 1.82) is 0 Å². The maximum Gasteiger partial charge on any atom is 0.0972 e. The van der Waals surface area contributed by atoms with Crippen LogP contribution in [-0.4, -0.2) is 19.9 Å². The molecule has 0 fully saturated rings. The van der Waals surface area contributed by atoms with E-state index in [1.807, 2.05) is 30.5 Å². The van der Waals surface area contributed by atoms with Crippen LogP contribution in [0.25, 0.3) is 88.5 Å². The molecule has 0 saturated heterocycles. The first-order valence-electron chi connectivity index (χ1n) is 16.2. The lowest BCUT2D eigenvalue weighted by molar-refractivity contribution is 1.31. The molecule has 48 heavy (non-hydrogen) atoms. The first-order valence-corrected chi connectivity index (χ1v) is 16.2. The Balaban J connectivity index is 1.13. The van der Waals surface area contributed by atoms with Crippen molar-refractivity contribution >= 4 is 43.6 Å². The van der Waals surface area contributed by atoms with Crippen molar-refractivity contribution in [2.75, 3.05) is 0 Å². The van der Waals surface area contributed by atoms with Crippen molar-refractivity contribution in [3.63, 3.8) is 0 Å². The number of pyridine rings is 4. The van der Waals surface area contributed by atoms with Gasteiger partial charge in [-0.1, -0.05) is 103 Å². The Bertz CT molecular complexity index is 2680. The van der Waals surface area contributed by atoms with E-state index in [1.54, 1.807) is 0 Å². The third-order valence-electron chi connectivity index (χ3n) is 9.33. The molecule has 0 aliphatic rings. The van der Waals surface area contributed by atoms with E-state index in [-0.39, 0.29) is 0 Å². The molecule has 0 radical (unpaired) electrons. The van der Waals surface area contributed by atoms with E-state index in [2.05, 4.69) is 129 Å². The van der Waals surface area contributed by atoms with Crippen LogP contribution < -0.4 is 0 Å². The third-order valence-corrected chi connectivity index (χ3v) is 9.33. The number of hydrogen-bond acceptors (Lipinski definition) is 4. The molecule has 0 aliphatic heterocycles. The predicted octanol–water partition coefficient (Wildman–Crippen LogP) is 11.2. The van der Waals surface area contributed by atoms with Crippen LogP contribution in [0.1, 0.15) is 11.1 Å². The van der Waals surface area contributed by atoms with Gasteiger partial charge in [-0.15, -0.1) is 0 Å². The number of hydrogen-bond donors (Lipinski definition) is 0. The van der Waals surface area contributed by atoms with Gasteiger partial charge in [-0.3, -0.25) is 4.98 Å². The minimum absolute atomic E-state index is 0.912. The van der Waals surface area contributed by atoms with Gasteiger partial charge in [0, 0.05) is 50.0 Å². The highest BCUT2D eigenvalue weighted by Gasteiger charge is 2.14. The smallest absolute Gasteiger partial charge is 0.0972 e. The monoisotopic (exact) mass is 614 g/mol. The van der Waals surface area contributed by atoms with Crippen molar-refractivity contribution in [3.8, 4) is 44.9 Å². The molecule has 0 saturated carbocycles. The highest BCUT2D eigenvalue weighted by atomic mass is 14.8. The molecule has 4 heterocycles. The molecule has 226 valence electrons. The Labute approximate surface area is 278 Å². The fourth-order valence-corrected chi connectivity index (χ4v) is 6.77. The summed E-state index contributed by atoms with van der Waals surface area (Å²) in [6.07, 6.45) is 1.95. The van der Waals surface area contributed by atoms with Gasteiger partial charge in [-0.2, -0.15) is 0 Å². The van der Waals surface area contributed by atoms with Crippen LogP contribution in [0.15, 0.2) is 146 Å². The predicted molar refractivity (Wildman–Crippen MR) is 199 cm³/mol. The molecule has 9 rings (SSSR count). The van der Waals surface area contributed by atoms with E-state index in [1.165, 1.54) is 0 Å². The molecule has 0 bridgehead atoms. The molecule has 5 aromatic carbocycles. The minimum Gasteiger partial charge on any atom is -0.253 e. The second-order valence-corrected chi connectivity index (χ2v) is 12.4. The highest BCUT2D eigenvalue weighted by Crippen LogP contribution is 2.35. The summed E-state index contributed by atoms with van der Waals surface area (Å²) in [5, 5.41) is 4.31. The zero-order chi connectivity index (χ0) is 32.2. The number of nitrogens with zero attached hydrogens (tertiary/aromatic N) is 4. The summed E-state index contributed by atoms with van der Waals surface area (Å²) in [6, 6.07) is 48.7. The number of aromatic nitrogens is 4. The van der Waals surface area contributed by atoms with E-state index >= 15 is 0 Å². The van der Waals surface area contributed by atoms with E-state index in [0.717, 1.165) is 99.6 Å². The van der Waals surface area contributed by atoms with Gasteiger partial charge in [0.2, 0.25) is 0 Å². The first kappa shape index (κ1) is 28.0. The quantitative estimate of drug-likeness (QED) is 0.185. The zero-order valence-electron chi connectivity index (χ0n) is 26.6. The minimum atomic E-state index is 0.912. The Morgan fingerprint density at radius 1 is 0.354 bits per heavy atom. The Morgan fingerprint density at radius 3 is 1.35 bits per heavy atom. The van der Waals surface area contributed by atoms with Crippen molar-refractivity contribution in [2.45, 2.75) is 13.8 Å². The Kier molecular flexibility index (Phi) is 6.54. The van der Waals surface area contributed by atoms with Gasteiger partial charge in [0.25, 0.3) is 0 Å². The maximum atomic E-state index is 5.23. The topological polar surface area (TPSA) is 51.6 Å². The van der Waals surface area contributed by atoms with Crippen molar-refractivity contribution < 1.29 is 0 Å². The van der Waals surface area contributed by atoms with Crippen LogP contribution in [0.4, 0.5) is 0 Å². The molecule has 0 aliphatic carbocycles. The lowest BCUT2D eigenvalue weighted by Gasteiger charge is -2.14. The first-order chi connectivity index (χ1) is 23.6. The Hall–Kier alpha value is -6.26. The number of benzene rings is 5. The van der Waals surface area contributed by atoms with Gasteiger partial charge < -0.3 is 0 Å². The fraction of sp³-hybridized carbons (Fsp3) is 0.0455. The van der Waals surface area contributed by atoms with Gasteiger partial charge in [-0.25, -0.2) is 15.0 Å². The molecule has 0 spiro atoms. The molecule has 0 unspecified atom stereocenters. The summed E-state index contributed by atoms with van der Waals surface area (Å²) in [5.74, 6) is 0. The summed E-state index contributed by atoms with van der Waals surface area (Å²) in [7, 11) is 0. The fourth-order valence-electron chi connectivity index (χ4n) is 6.77. The SMILES string of the molecule is Cc1cc(-c2ccc3ccc4ccc(-c5ccccc5)nc4c3n2)c(C)cc1-c1ccc2ccc3cc(-c4ccccc4)cnc3c2n1. The maximum absolute atomic E-state index is 5.23. The van der Waals surface area contributed by atoms with Gasteiger partial charge in [0.1, 0.15) is 0 Å². The van der Waals surface area contributed by atoms with Crippen molar-refractivity contribution in [1.82, 2.24) is 19.9 Å². The summed E-state index contributed by atoms with van der Waals surface area (Å²) in [6.45, 7) is 4.31. The van der Waals surface area contributed by atoms with Gasteiger partial charge in [0.15, 0.2) is 0 Å². The van der Waals surface area contributed by atoms with Crippen molar-refractivity contribution in [2.24, 2.45) is 0 Å². The molecule has 9 aromatic rings. The van der Waals surface area contributed by atoms with Gasteiger partial charge >= 0.3 is 0 Å². The molecular weight excluding hydrogens is 585 g/mol. The van der Waals surface area contributed by atoms with Crippen LogP contribution in [0.2, 0.25) is 0 Å². The summed E-state index contributed by atoms with van der Waals surface area (Å²) in [5.41, 5.74) is 14.3. The number of rotatable bonds is 4. The molecule has 0 N–H and O–H groups in total. The average molecular weight is 615 g/mol. The summed E-state index contributed by atoms with van der Waals surface area (Å²) in [4.78, 5) is 20.4. The average Bonchev–Trinajstić information content (AvgIpc) is 3.15. The number of aryl methyl sites for hydroxylation is 2. The van der Waals surface area contributed by atoms with E-state index < -0.39 is 0 Å².